The van der Waals surface area contributed by atoms with Gasteiger partial charge in [-0.3, -0.25) is 0 Å². The van der Waals surface area contributed by atoms with E-state index in [2.05, 4.69) is 0 Å². The van der Waals surface area contributed by atoms with Gasteiger partial charge in [0.05, 0.1) is 0 Å². The lowest BCUT2D eigenvalue weighted by molar-refractivity contribution is 0.610. The SMILES string of the molecule is CS(=O)(=O)/C=C/Cl. The number of hydrogen-bond donors (Lipinski definition) is 0. The molecule has 0 amide bonds. The fourth-order valence-electron chi connectivity index (χ4n) is 0.0934. The first kappa shape index (κ1) is 6.98. The highest BCUT2D eigenvalue weighted by Gasteiger charge is 1.88. The summed E-state index contributed by atoms with van der Waals surface area (Å²) in [4.78, 5) is 0. The van der Waals surface area contributed by atoms with Crippen LogP contribution in [0.3, 0.4) is 0 Å². The average molecular weight is 141 g/mol. The van der Waals surface area contributed by atoms with Crippen molar-refractivity contribution in [3.8, 4) is 0 Å². The summed E-state index contributed by atoms with van der Waals surface area (Å²) >= 11 is 4.93. The Morgan fingerprint density at radius 3 is 2.00 bits per heavy atom. The summed E-state index contributed by atoms with van der Waals surface area (Å²) in [5, 5.41) is 0.925. The highest BCUT2D eigenvalue weighted by Crippen LogP contribution is 1.85. The quantitative estimate of drug-likeness (QED) is 0.539. The molecule has 7 heavy (non-hydrogen) atoms. The molecule has 0 saturated heterocycles. The number of sulfone groups is 1. The highest BCUT2D eigenvalue weighted by atomic mass is 35.5. The van der Waals surface area contributed by atoms with Gasteiger partial charge in [-0.25, -0.2) is 8.42 Å². The summed E-state index contributed by atoms with van der Waals surface area (Å²) in [6.45, 7) is 0. The van der Waals surface area contributed by atoms with Crippen molar-refractivity contribution >= 4 is 21.4 Å². The minimum absolute atomic E-state index is 0.925. The molecule has 0 aromatic carbocycles. The van der Waals surface area contributed by atoms with Gasteiger partial charge in [-0.15, -0.1) is 0 Å². The summed E-state index contributed by atoms with van der Waals surface area (Å²) in [7, 11) is -2.99. The third-order valence-corrected chi connectivity index (χ3v) is 1.20. The Morgan fingerprint density at radius 1 is 1.57 bits per heavy atom. The van der Waals surface area contributed by atoms with E-state index in [-0.39, 0.29) is 0 Å². The lowest BCUT2D eigenvalue weighted by Crippen LogP contribution is -1.85. The van der Waals surface area contributed by atoms with Crippen molar-refractivity contribution in [1.82, 2.24) is 0 Å². The fourth-order valence-corrected chi connectivity index (χ4v) is 0.841. The monoisotopic (exact) mass is 140 g/mol. The van der Waals surface area contributed by atoms with E-state index < -0.39 is 9.84 Å². The Hall–Kier alpha value is -0.0200. The Balaban J connectivity index is 4.13. The molecule has 0 bridgehead atoms. The minimum atomic E-state index is -2.99. The van der Waals surface area contributed by atoms with Gasteiger partial charge < -0.3 is 0 Å². The van der Waals surface area contributed by atoms with Crippen LogP contribution in [0.4, 0.5) is 0 Å². The molecule has 0 aromatic rings. The predicted molar refractivity (Wildman–Crippen MR) is 29.8 cm³/mol. The van der Waals surface area contributed by atoms with E-state index >= 15 is 0 Å². The molecule has 0 saturated carbocycles. The summed E-state index contributed by atoms with van der Waals surface area (Å²) in [5.74, 6) is 0. The molecule has 0 fully saturated rings. The summed E-state index contributed by atoms with van der Waals surface area (Å²) in [6.07, 6.45) is 1.08. The topological polar surface area (TPSA) is 34.1 Å². The Bertz CT molecular complexity index is 156. The minimum Gasteiger partial charge on any atom is -0.225 e. The van der Waals surface area contributed by atoms with Crippen LogP contribution in [0.15, 0.2) is 10.9 Å². The van der Waals surface area contributed by atoms with Gasteiger partial charge in [0.25, 0.3) is 0 Å². The zero-order valence-corrected chi connectivity index (χ0v) is 5.33. The second-order valence-electron chi connectivity index (χ2n) is 1.09. The Labute approximate surface area is 47.7 Å². The van der Waals surface area contributed by atoms with Crippen molar-refractivity contribution in [1.29, 1.82) is 0 Å². The van der Waals surface area contributed by atoms with Crippen LogP contribution in [-0.2, 0) is 9.84 Å². The number of halogens is 1. The first-order chi connectivity index (χ1) is 3.06. The maximum Gasteiger partial charge on any atom is 0.169 e. The molecule has 0 N–H and O–H groups in total. The molecule has 4 heteroatoms. The second kappa shape index (κ2) is 2.33. The molecular formula is C3H5ClO2S. The molecular weight excluding hydrogens is 136 g/mol. The molecule has 0 radical (unpaired) electrons. The van der Waals surface area contributed by atoms with Crippen molar-refractivity contribution in [3.05, 3.63) is 10.9 Å². The molecule has 0 aliphatic rings. The lowest BCUT2D eigenvalue weighted by atomic mass is 11.3. The molecule has 0 aliphatic heterocycles. The standard InChI is InChI=1S/C3H5ClO2S/c1-7(5,6)3-2-4/h2-3H,1H3/b3-2+. The summed E-state index contributed by atoms with van der Waals surface area (Å²) in [6, 6.07) is 0. The zero-order chi connectivity index (χ0) is 5.91. The Morgan fingerprint density at radius 2 is 2.00 bits per heavy atom. The molecule has 0 aromatic heterocycles. The largest absolute Gasteiger partial charge is 0.225 e. The van der Waals surface area contributed by atoms with Crippen LogP contribution in [0, 0.1) is 0 Å². The molecule has 2 nitrogen and oxygen atoms in total. The van der Waals surface area contributed by atoms with Gasteiger partial charge in [-0.2, -0.15) is 0 Å². The van der Waals surface area contributed by atoms with Gasteiger partial charge in [0, 0.05) is 17.2 Å². The molecule has 0 aliphatic carbocycles. The van der Waals surface area contributed by atoms with Crippen molar-refractivity contribution in [2.24, 2.45) is 0 Å². The molecule has 0 atom stereocenters. The maximum atomic E-state index is 10.1. The van der Waals surface area contributed by atoms with Crippen LogP contribution >= 0.6 is 11.6 Å². The van der Waals surface area contributed by atoms with E-state index in [1.807, 2.05) is 0 Å². The maximum absolute atomic E-state index is 10.1. The normalized spacial score (nSPS) is 12.9. The van der Waals surface area contributed by atoms with Gasteiger partial charge in [0.2, 0.25) is 0 Å². The Kier molecular flexibility index (Phi) is 2.32. The van der Waals surface area contributed by atoms with Gasteiger partial charge in [-0.1, -0.05) is 11.6 Å². The molecule has 0 unspecified atom stereocenters. The molecule has 0 heterocycles. The van der Waals surface area contributed by atoms with E-state index in [0.29, 0.717) is 0 Å². The van der Waals surface area contributed by atoms with Crippen molar-refractivity contribution in [2.75, 3.05) is 6.26 Å². The van der Waals surface area contributed by atoms with E-state index in [1.165, 1.54) is 0 Å². The van der Waals surface area contributed by atoms with Gasteiger partial charge >= 0.3 is 0 Å². The van der Waals surface area contributed by atoms with Crippen molar-refractivity contribution in [3.63, 3.8) is 0 Å². The number of rotatable bonds is 1. The van der Waals surface area contributed by atoms with Crippen LogP contribution in [0.1, 0.15) is 0 Å². The molecule has 42 valence electrons. The lowest BCUT2D eigenvalue weighted by Gasteiger charge is -1.76. The molecule has 0 spiro atoms. The van der Waals surface area contributed by atoms with E-state index in [9.17, 15) is 8.42 Å². The van der Waals surface area contributed by atoms with Gasteiger partial charge in [0.1, 0.15) is 0 Å². The van der Waals surface area contributed by atoms with Crippen molar-refractivity contribution < 1.29 is 8.42 Å². The smallest absolute Gasteiger partial charge is 0.169 e. The van der Waals surface area contributed by atoms with Crippen LogP contribution < -0.4 is 0 Å². The summed E-state index contributed by atoms with van der Waals surface area (Å²) in [5.41, 5.74) is 0.968. The third-order valence-electron chi connectivity index (χ3n) is 0.299. The van der Waals surface area contributed by atoms with Gasteiger partial charge in [0.15, 0.2) is 9.84 Å². The van der Waals surface area contributed by atoms with Crippen LogP contribution in [0.25, 0.3) is 0 Å². The van der Waals surface area contributed by atoms with Crippen molar-refractivity contribution in [2.45, 2.75) is 0 Å². The third kappa shape index (κ3) is 5.98. The van der Waals surface area contributed by atoms with Crippen LogP contribution in [0.2, 0.25) is 0 Å². The fraction of sp³-hybridized carbons (Fsp3) is 0.333. The predicted octanol–water partition coefficient (Wildman–Crippen LogP) is 0.741. The first-order valence-electron chi connectivity index (χ1n) is 1.53. The van der Waals surface area contributed by atoms with Crippen LogP contribution in [0.5, 0.6) is 0 Å². The zero-order valence-electron chi connectivity index (χ0n) is 3.76. The van der Waals surface area contributed by atoms with Crippen LogP contribution in [-0.4, -0.2) is 14.7 Å². The average Bonchev–Trinajstić information content (AvgIpc) is 1.30. The highest BCUT2D eigenvalue weighted by molar-refractivity contribution is 7.93. The molecule has 0 rings (SSSR count). The van der Waals surface area contributed by atoms with E-state index in [1.54, 1.807) is 0 Å². The van der Waals surface area contributed by atoms with E-state index in [4.69, 9.17) is 11.6 Å². The van der Waals surface area contributed by atoms with E-state index in [0.717, 1.165) is 17.2 Å². The van der Waals surface area contributed by atoms with Gasteiger partial charge in [-0.05, 0) is 0 Å². The second-order valence-corrected chi connectivity index (χ2v) is 3.27. The number of hydrogen-bond acceptors (Lipinski definition) is 2. The summed E-state index contributed by atoms with van der Waals surface area (Å²) < 4.78 is 20.1. The first-order valence-corrected chi connectivity index (χ1v) is 3.92.